The van der Waals surface area contributed by atoms with Crippen molar-refractivity contribution in [2.75, 3.05) is 20.3 Å². The van der Waals surface area contributed by atoms with Gasteiger partial charge < -0.3 is 15.2 Å². The van der Waals surface area contributed by atoms with E-state index in [-0.39, 0.29) is 0 Å². The zero-order chi connectivity index (χ0) is 12.4. The average molecular weight is 231 g/mol. The van der Waals surface area contributed by atoms with Crippen molar-refractivity contribution in [2.45, 2.75) is 64.5 Å². The van der Waals surface area contributed by atoms with E-state index in [9.17, 15) is 5.11 Å². The first kappa shape index (κ1) is 15.9. The van der Waals surface area contributed by atoms with Gasteiger partial charge in [0, 0.05) is 32.7 Å². The van der Waals surface area contributed by atoms with Gasteiger partial charge in [-0.05, 0) is 19.8 Å². The summed E-state index contributed by atoms with van der Waals surface area (Å²) in [6, 6.07) is 0.536. The van der Waals surface area contributed by atoms with Crippen LogP contribution in [0.2, 0.25) is 0 Å². The molecule has 0 saturated carbocycles. The Morgan fingerprint density at radius 3 is 2.56 bits per heavy atom. The second-order valence-electron chi connectivity index (χ2n) is 4.87. The van der Waals surface area contributed by atoms with E-state index in [1.807, 2.05) is 6.92 Å². The third-order valence-electron chi connectivity index (χ3n) is 3.02. The molecule has 0 aromatic carbocycles. The molecular formula is C13H29NO2. The van der Waals surface area contributed by atoms with E-state index in [2.05, 4.69) is 19.2 Å². The number of rotatable bonds is 10. The third-order valence-corrected chi connectivity index (χ3v) is 3.02. The Balaban J connectivity index is 3.80. The Kier molecular flexibility index (Phi) is 8.90. The van der Waals surface area contributed by atoms with Crippen molar-refractivity contribution in [3.63, 3.8) is 0 Å². The van der Waals surface area contributed by atoms with Gasteiger partial charge in [0.25, 0.3) is 0 Å². The SMILES string of the molecule is CCCCC(CC)NCC(C)(O)CCOC. The fraction of sp³-hybridized carbons (Fsp3) is 1.00. The Hall–Kier alpha value is -0.120. The van der Waals surface area contributed by atoms with Crippen LogP contribution in [0.1, 0.15) is 52.9 Å². The second kappa shape index (κ2) is 8.97. The molecule has 0 aromatic rings. The lowest BCUT2D eigenvalue weighted by atomic mass is 10.0. The van der Waals surface area contributed by atoms with E-state index >= 15 is 0 Å². The first-order chi connectivity index (χ1) is 7.55. The largest absolute Gasteiger partial charge is 0.389 e. The van der Waals surface area contributed by atoms with E-state index in [4.69, 9.17) is 4.74 Å². The highest BCUT2D eigenvalue weighted by Crippen LogP contribution is 2.10. The van der Waals surface area contributed by atoms with Crippen LogP contribution in [-0.2, 0) is 4.74 Å². The number of nitrogens with one attached hydrogen (secondary N) is 1. The Labute approximate surface area is 101 Å². The van der Waals surface area contributed by atoms with Crippen LogP contribution in [-0.4, -0.2) is 37.0 Å². The Bertz CT molecular complexity index is 160. The minimum atomic E-state index is -0.657. The van der Waals surface area contributed by atoms with Crippen molar-refractivity contribution in [1.82, 2.24) is 5.32 Å². The van der Waals surface area contributed by atoms with E-state index in [0.717, 1.165) is 6.42 Å². The summed E-state index contributed by atoms with van der Waals surface area (Å²) in [6.07, 6.45) is 5.50. The predicted octanol–water partition coefficient (Wildman–Crippen LogP) is 2.33. The Morgan fingerprint density at radius 2 is 2.06 bits per heavy atom. The highest BCUT2D eigenvalue weighted by molar-refractivity contribution is 4.78. The molecule has 2 unspecified atom stereocenters. The molecule has 0 rings (SSSR count). The lowest BCUT2D eigenvalue weighted by molar-refractivity contribution is 0.0224. The van der Waals surface area contributed by atoms with E-state index in [0.29, 0.717) is 25.6 Å². The molecule has 3 heteroatoms. The first-order valence-corrected chi connectivity index (χ1v) is 6.50. The maximum atomic E-state index is 10.1. The lowest BCUT2D eigenvalue weighted by Crippen LogP contribution is -2.43. The van der Waals surface area contributed by atoms with Crippen LogP contribution in [0.3, 0.4) is 0 Å². The molecule has 2 atom stereocenters. The van der Waals surface area contributed by atoms with Gasteiger partial charge in [0.05, 0.1) is 5.60 Å². The average Bonchev–Trinajstić information content (AvgIpc) is 2.27. The van der Waals surface area contributed by atoms with E-state index < -0.39 is 5.60 Å². The van der Waals surface area contributed by atoms with Gasteiger partial charge in [-0.15, -0.1) is 0 Å². The van der Waals surface area contributed by atoms with E-state index in [1.165, 1.54) is 19.3 Å². The van der Waals surface area contributed by atoms with Crippen molar-refractivity contribution >= 4 is 0 Å². The molecule has 0 amide bonds. The normalized spacial score (nSPS) is 17.1. The van der Waals surface area contributed by atoms with Crippen LogP contribution in [0.5, 0.6) is 0 Å². The highest BCUT2D eigenvalue weighted by atomic mass is 16.5. The van der Waals surface area contributed by atoms with Crippen LogP contribution in [0.4, 0.5) is 0 Å². The number of unbranched alkanes of at least 4 members (excludes halogenated alkanes) is 1. The van der Waals surface area contributed by atoms with Crippen molar-refractivity contribution in [3.8, 4) is 0 Å². The van der Waals surface area contributed by atoms with Gasteiger partial charge in [-0.2, -0.15) is 0 Å². The van der Waals surface area contributed by atoms with E-state index in [1.54, 1.807) is 7.11 Å². The standard InChI is InChI=1S/C13H29NO2/c1-5-7-8-12(6-2)14-11-13(3,15)9-10-16-4/h12,14-15H,5-11H2,1-4H3. The summed E-state index contributed by atoms with van der Waals surface area (Å²) >= 11 is 0. The van der Waals surface area contributed by atoms with Crippen molar-refractivity contribution in [3.05, 3.63) is 0 Å². The third kappa shape index (κ3) is 8.08. The van der Waals surface area contributed by atoms with Gasteiger partial charge in [-0.25, -0.2) is 0 Å². The molecule has 16 heavy (non-hydrogen) atoms. The number of ether oxygens (including phenoxy) is 1. The van der Waals surface area contributed by atoms with Crippen LogP contribution < -0.4 is 5.32 Å². The molecule has 0 saturated heterocycles. The molecule has 0 aliphatic carbocycles. The molecule has 0 heterocycles. The summed E-state index contributed by atoms with van der Waals surface area (Å²) in [7, 11) is 1.67. The van der Waals surface area contributed by atoms with Crippen molar-refractivity contribution in [2.24, 2.45) is 0 Å². The number of methoxy groups -OCH3 is 1. The molecule has 0 fully saturated rings. The Morgan fingerprint density at radius 1 is 1.38 bits per heavy atom. The second-order valence-corrected chi connectivity index (χ2v) is 4.87. The monoisotopic (exact) mass is 231 g/mol. The summed E-state index contributed by atoms with van der Waals surface area (Å²) in [6.45, 7) is 7.53. The van der Waals surface area contributed by atoms with Crippen molar-refractivity contribution < 1.29 is 9.84 Å². The summed E-state index contributed by atoms with van der Waals surface area (Å²) in [5, 5.41) is 13.5. The van der Waals surface area contributed by atoms with Crippen LogP contribution in [0, 0.1) is 0 Å². The van der Waals surface area contributed by atoms with Crippen LogP contribution in [0.15, 0.2) is 0 Å². The molecular weight excluding hydrogens is 202 g/mol. The smallest absolute Gasteiger partial charge is 0.0765 e. The van der Waals surface area contributed by atoms with Gasteiger partial charge in [-0.1, -0.05) is 26.7 Å². The van der Waals surface area contributed by atoms with Gasteiger partial charge in [0.2, 0.25) is 0 Å². The fourth-order valence-electron chi connectivity index (χ4n) is 1.68. The van der Waals surface area contributed by atoms with Gasteiger partial charge >= 0.3 is 0 Å². The maximum absolute atomic E-state index is 10.1. The molecule has 0 bridgehead atoms. The summed E-state index contributed by atoms with van der Waals surface area (Å²) in [5.41, 5.74) is -0.657. The molecule has 98 valence electrons. The first-order valence-electron chi connectivity index (χ1n) is 6.50. The zero-order valence-corrected chi connectivity index (χ0v) is 11.4. The number of hydrogen-bond acceptors (Lipinski definition) is 3. The minimum Gasteiger partial charge on any atom is -0.389 e. The molecule has 0 radical (unpaired) electrons. The minimum absolute atomic E-state index is 0.536. The molecule has 0 spiro atoms. The number of aliphatic hydroxyl groups is 1. The van der Waals surface area contributed by atoms with Gasteiger partial charge in [0.1, 0.15) is 0 Å². The van der Waals surface area contributed by atoms with Crippen LogP contribution >= 0.6 is 0 Å². The quantitative estimate of drug-likeness (QED) is 0.606. The molecule has 0 aromatic heterocycles. The summed E-state index contributed by atoms with van der Waals surface area (Å²) < 4.78 is 4.99. The molecule has 0 aliphatic rings. The van der Waals surface area contributed by atoms with Crippen LogP contribution in [0.25, 0.3) is 0 Å². The zero-order valence-electron chi connectivity index (χ0n) is 11.4. The lowest BCUT2D eigenvalue weighted by Gasteiger charge is -2.26. The number of hydrogen-bond donors (Lipinski definition) is 2. The summed E-state index contributed by atoms with van der Waals surface area (Å²) in [5.74, 6) is 0. The van der Waals surface area contributed by atoms with Gasteiger partial charge in [-0.3, -0.25) is 0 Å². The van der Waals surface area contributed by atoms with Crippen molar-refractivity contribution in [1.29, 1.82) is 0 Å². The molecule has 2 N–H and O–H groups in total. The fourth-order valence-corrected chi connectivity index (χ4v) is 1.68. The van der Waals surface area contributed by atoms with Gasteiger partial charge in [0.15, 0.2) is 0 Å². The highest BCUT2D eigenvalue weighted by Gasteiger charge is 2.20. The maximum Gasteiger partial charge on any atom is 0.0765 e. The molecule has 0 aliphatic heterocycles. The predicted molar refractivity (Wildman–Crippen MR) is 68.7 cm³/mol. The summed E-state index contributed by atoms with van der Waals surface area (Å²) in [4.78, 5) is 0. The molecule has 3 nitrogen and oxygen atoms in total. The topological polar surface area (TPSA) is 41.5 Å².